The minimum atomic E-state index is -4.77. The van der Waals surface area contributed by atoms with Crippen LogP contribution in [0.2, 0.25) is 0 Å². The van der Waals surface area contributed by atoms with Crippen molar-refractivity contribution in [3.63, 3.8) is 0 Å². The minimum Gasteiger partial charge on any atom is -0.405 e. The Bertz CT molecular complexity index is 597. The predicted octanol–water partition coefficient (Wildman–Crippen LogP) is 3.70. The van der Waals surface area contributed by atoms with Crippen molar-refractivity contribution in [3.05, 3.63) is 48.2 Å². The monoisotopic (exact) mass is 283 g/mol. The first-order valence-corrected chi connectivity index (χ1v) is 5.87. The summed E-state index contributed by atoms with van der Waals surface area (Å²) in [4.78, 5) is 4.14. The third-order valence-corrected chi connectivity index (χ3v) is 2.59. The molecule has 1 aromatic carbocycles. The van der Waals surface area contributed by atoms with Gasteiger partial charge in [0.15, 0.2) is 0 Å². The quantitative estimate of drug-likeness (QED) is 0.934. The molecule has 0 spiro atoms. The fourth-order valence-corrected chi connectivity index (χ4v) is 1.73. The lowest BCUT2D eigenvalue weighted by molar-refractivity contribution is -0.274. The number of para-hydroxylation sites is 1. The van der Waals surface area contributed by atoms with E-state index >= 15 is 0 Å². The van der Waals surface area contributed by atoms with Crippen LogP contribution < -0.4 is 4.74 Å². The Hall–Kier alpha value is -2.08. The van der Waals surface area contributed by atoms with Gasteiger partial charge in [0.05, 0.1) is 17.5 Å². The number of halogens is 3. The second-order valence-electron chi connectivity index (χ2n) is 4.17. The molecular formula is C14H12F3NO2. The molecule has 0 amide bonds. The van der Waals surface area contributed by atoms with E-state index in [1.54, 1.807) is 24.3 Å². The zero-order valence-corrected chi connectivity index (χ0v) is 10.6. The molecule has 0 bridgehead atoms. The van der Waals surface area contributed by atoms with E-state index in [-0.39, 0.29) is 11.3 Å². The molecule has 0 fully saturated rings. The highest BCUT2D eigenvalue weighted by molar-refractivity contribution is 5.67. The van der Waals surface area contributed by atoms with Gasteiger partial charge < -0.3 is 9.84 Å². The van der Waals surface area contributed by atoms with E-state index in [1.807, 2.05) is 0 Å². The number of aliphatic hydroxyl groups excluding tert-OH is 1. The number of alkyl halides is 3. The SMILES string of the molecule is CC(O)c1cccc(-c2ccccc2OC(F)(F)F)n1. The standard InChI is InChI=1S/C14H12F3NO2/c1-9(19)11-6-4-7-12(18-11)10-5-2-3-8-13(10)20-14(15,16)17/h2-9,19H,1H3. The summed E-state index contributed by atoms with van der Waals surface area (Å²) < 4.78 is 41.1. The van der Waals surface area contributed by atoms with E-state index in [0.29, 0.717) is 11.4 Å². The van der Waals surface area contributed by atoms with Crippen molar-refractivity contribution in [3.8, 4) is 17.0 Å². The lowest BCUT2D eigenvalue weighted by atomic mass is 10.1. The van der Waals surface area contributed by atoms with Crippen LogP contribution in [0.4, 0.5) is 13.2 Å². The fraction of sp³-hybridized carbons (Fsp3) is 0.214. The smallest absolute Gasteiger partial charge is 0.405 e. The number of benzene rings is 1. The number of aromatic nitrogens is 1. The van der Waals surface area contributed by atoms with Crippen LogP contribution in [0, 0.1) is 0 Å². The van der Waals surface area contributed by atoms with Crippen molar-refractivity contribution in [2.24, 2.45) is 0 Å². The van der Waals surface area contributed by atoms with Crippen molar-refractivity contribution >= 4 is 0 Å². The molecule has 0 aliphatic rings. The molecule has 3 nitrogen and oxygen atoms in total. The Morgan fingerprint density at radius 2 is 1.80 bits per heavy atom. The van der Waals surface area contributed by atoms with Crippen molar-refractivity contribution in [2.45, 2.75) is 19.4 Å². The third-order valence-electron chi connectivity index (χ3n) is 2.59. The highest BCUT2D eigenvalue weighted by Gasteiger charge is 2.32. The Morgan fingerprint density at radius 1 is 1.10 bits per heavy atom. The molecule has 0 radical (unpaired) electrons. The summed E-state index contributed by atoms with van der Waals surface area (Å²) in [6, 6.07) is 10.5. The van der Waals surface area contributed by atoms with Gasteiger partial charge in [0.1, 0.15) is 5.75 Å². The van der Waals surface area contributed by atoms with Crippen LogP contribution in [0.1, 0.15) is 18.7 Å². The highest BCUT2D eigenvalue weighted by atomic mass is 19.4. The van der Waals surface area contributed by atoms with E-state index in [2.05, 4.69) is 9.72 Å². The molecule has 20 heavy (non-hydrogen) atoms. The number of pyridine rings is 1. The number of ether oxygens (including phenoxy) is 1. The number of nitrogens with zero attached hydrogens (tertiary/aromatic N) is 1. The topological polar surface area (TPSA) is 42.4 Å². The first kappa shape index (κ1) is 14.3. The van der Waals surface area contributed by atoms with Gasteiger partial charge in [-0.25, -0.2) is 4.98 Å². The summed E-state index contributed by atoms with van der Waals surface area (Å²) in [6.45, 7) is 1.53. The molecule has 0 saturated heterocycles. The van der Waals surface area contributed by atoms with E-state index in [9.17, 15) is 18.3 Å². The van der Waals surface area contributed by atoms with E-state index < -0.39 is 12.5 Å². The van der Waals surface area contributed by atoms with Gasteiger partial charge in [0.25, 0.3) is 0 Å². The van der Waals surface area contributed by atoms with Gasteiger partial charge >= 0.3 is 6.36 Å². The molecule has 0 aliphatic carbocycles. The molecule has 0 saturated carbocycles. The zero-order valence-electron chi connectivity index (χ0n) is 10.6. The molecule has 106 valence electrons. The molecule has 1 heterocycles. The van der Waals surface area contributed by atoms with Crippen LogP contribution in [0.5, 0.6) is 5.75 Å². The molecule has 2 rings (SSSR count). The third kappa shape index (κ3) is 3.48. The highest BCUT2D eigenvalue weighted by Crippen LogP contribution is 2.33. The van der Waals surface area contributed by atoms with Crippen molar-refractivity contribution in [2.75, 3.05) is 0 Å². The van der Waals surface area contributed by atoms with E-state index in [0.717, 1.165) is 0 Å². The number of aliphatic hydroxyl groups is 1. The summed E-state index contributed by atoms with van der Waals surface area (Å²) in [7, 11) is 0. The molecular weight excluding hydrogens is 271 g/mol. The lowest BCUT2D eigenvalue weighted by Gasteiger charge is -2.13. The number of hydrogen-bond acceptors (Lipinski definition) is 3. The average molecular weight is 283 g/mol. The van der Waals surface area contributed by atoms with Crippen LogP contribution in [0.3, 0.4) is 0 Å². The second-order valence-corrected chi connectivity index (χ2v) is 4.17. The largest absolute Gasteiger partial charge is 0.573 e. The van der Waals surface area contributed by atoms with Gasteiger partial charge in [0.2, 0.25) is 0 Å². The summed E-state index contributed by atoms with van der Waals surface area (Å²) in [5.41, 5.74) is 0.903. The molecule has 1 unspecified atom stereocenters. The first-order valence-electron chi connectivity index (χ1n) is 5.87. The Balaban J connectivity index is 2.45. The summed E-state index contributed by atoms with van der Waals surface area (Å²) in [5.74, 6) is -0.324. The Morgan fingerprint density at radius 3 is 2.45 bits per heavy atom. The summed E-state index contributed by atoms with van der Waals surface area (Å²) in [5, 5.41) is 9.48. The summed E-state index contributed by atoms with van der Waals surface area (Å²) >= 11 is 0. The molecule has 6 heteroatoms. The fourth-order valence-electron chi connectivity index (χ4n) is 1.73. The maximum atomic E-state index is 12.4. The average Bonchev–Trinajstić information content (AvgIpc) is 2.37. The molecule has 1 N–H and O–H groups in total. The minimum absolute atomic E-state index is 0.215. The van der Waals surface area contributed by atoms with Gasteiger partial charge in [-0.15, -0.1) is 13.2 Å². The Kier molecular flexibility index (Phi) is 3.94. The van der Waals surface area contributed by atoms with Crippen molar-refractivity contribution < 1.29 is 23.0 Å². The predicted molar refractivity (Wildman–Crippen MR) is 67.0 cm³/mol. The normalized spacial score (nSPS) is 13.1. The van der Waals surface area contributed by atoms with Crippen molar-refractivity contribution in [1.82, 2.24) is 4.98 Å². The maximum Gasteiger partial charge on any atom is 0.573 e. The maximum absolute atomic E-state index is 12.4. The van der Waals surface area contributed by atoms with E-state index in [4.69, 9.17) is 0 Å². The lowest BCUT2D eigenvalue weighted by Crippen LogP contribution is -2.17. The van der Waals surface area contributed by atoms with Gasteiger partial charge in [-0.3, -0.25) is 0 Å². The summed E-state index contributed by atoms with van der Waals surface area (Å²) in [6.07, 6.45) is -5.57. The number of hydrogen-bond donors (Lipinski definition) is 1. The molecule has 1 atom stereocenters. The second kappa shape index (κ2) is 5.50. The van der Waals surface area contributed by atoms with Crippen LogP contribution in [-0.2, 0) is 0 Å². The zero-order chi connectivity index (χ0) is 14.8. The van der Waals surface area contributed by atoms with Crippen LogP contribution in [-0.4, -0.2) is 16.5 Å². The van der Waals surface area contributed by atoms with E-state index in [1.165, 1.54) is 25.1 Å². The molecule has 0 aliphatic heterocycles. The van der Waals surface area contributed by atoms with Crippen LogP contribution in [0.15, 0.2) is 42.5 Å². The van der Waals surface area contributed by atoms with Gasteiger partial charge in [-0.05, 0) is 31.2 Å². The molecule has 1 aromatic heterocycles. The number of rotatable bonds is 3. The Labute approximate surface area is 113 Å². The molecule has 2 aromatic rings. The van der Waals surface area contributed by atoms with Gasteiger partial charge in [0, 0.05) is 5.56 Å². The van der Waals surface area contributed by atoms with Gasteiger partial charge in [-0.1, -0.05) is 18.2 Å². The van der Waals surface area contributed by atoms with Gasteiger partial charge in [-0.2, -0.15) is 0 Å². The van der Waals surface area contributed by atoms with Crippen molar-refractivity contribution in [1.29, 1.82) is 0 Å². The van der Waals surface area contributed by atoms with Crippen LogP contribution in [0.25, 0.3) is 11.3 Å². The first-order chi connectivity index (χ1) is 9.37. The van der Waals surface area contributed by atoms with Crippen LogP contribution >= 0.6 is 0 Å².